The van der Waals surface area contributed by atoms with Crippen LogP contribution in [0.3, 0.4) is 0 Å². The number of anilines is 1. The molecule has 1 fully saturated rings. The third-order valence-electron chi connectivity index (χ3n) is 4.28. The maximum absolute atomic E-state index is 12.6. The van der Waals surface area contributed by atoms with Crippen molar-refractivity contribution in [2.45, 2.75) is 13.8 Å². The molecule has 1 aliphatic rings. The molecular formula is C20H18N2O4. The Kier molecular flexibility index (Phi) is 4.58. The minimum atomic E-state index is -0.467. The largest absolute Gasteiger partial charge is 0.465 e. The van der Waals surface area contributed by atoms with Gasteiger partial charge in [0.15, 0.2) is 0 Å². The summed E-state index contributed by atoms with van der Waals surface area (Å²) in [5.41, 5.74) is 6.39. The van der Waals surface area contributed by atoms with Crippen LogP contribution in [-0.2, 0) is 14.3 Å². The summed E-state index contributed by atoms with van der Waals surface area (Å²) in [6, 6.07) is 12.0. The van der Waals surface area contributed by atoms with Gasteiger partial charge in [-0.3, -0.25) is 15.0 Å². The Labute approximate surface area is 151 Å². The van der Waals surface area contributed by atoms with Crippen molar-refractivity contribution in [1.82, 2.24) is 5.43 Å². The summed E-state index contributed by atoms with van der Waals surface area (Å²) in [6.45, 7) is 3.92. The van der Waals surface area contributed by atoms with Gasteiger partial charge >= 0.3 is 5.97 Å². The molecule has 6 heteroatoms. The van der Waals surface area contributed by atoms with Crippen molar-refractivity contribution in [3.63, 3.8) is 0 Å². The summed E-state index contributed by atoms with van der Waals surface area (Å²) in [5.74, 6) is -1.33. The predicted molar refractivity (Wildman–Crippen MR) is 97.3 cm³/mol. The zero-order valence-corrected chi connectivity index (χ0v) is 14.7. The number of amides is 2. The number of carbonyl (C=O) groups excluding carboxylic acids is 3. The molecule has 0 aliphatic carbocycles. The normalized spacial score (nSPS) is 15.3. The first-order valence-corrected chi connectivity index (χ1v) is 8.03. The first-order chi connectivity index (χ1) is 12.4. The van der Waals surface area contributed by atoms with Gasteiger partial charge in [-0.1, -0.05) is 18.2 Å². The topological polar surface area (TPSA) is 75.7 Å². The highest BCUT2D eigenvalue weighted by molar-refractivity contribution is 6.31. The van der Waals surface area contributed by atoms with Crippen LogP contribution in [-0.4, -0.2) is 24.9 Å². The fraction of sp³-hybridized carbons (Fsp3) is 0.150. The van der Waals surface area contributed by atoms with E-state index >= 15 is 0 Å². The lowest BCUT2D eigenvalue weighted by Crippen LogP contribution is -2.35. The maximum atomic E-state index is 12.6. The first kappa shape index (κ1) is 17.4. The van der Waals surface area contributed by atoms with Crippen LogP contribution in [0, 0.1) is 13.8 Å². The van der Waals surface area contributed by atoms with Crippen LogP contribution in [0.2, 0.25) is 0 Å². The SMILES string of the molecule is COC(=O)c1ccc(C=C2C(=O)NN(c3ccc(C)c(C)c3)C2=O)cc1. The van der Waals surface area contributed by atoms with Gasteiger partial charge in [-0.2, -0.15) is 0 Å². The van der Waals surface area contributed by atoms with Gasteiger partial charge in [-0.05, 0) is 60.9 Å². The van der Waals surface area contributed by atoms with E-state index in [1.165, 1.54) is 18.2 Å². The number of hydrazine groups is 1. The summed E-state index contributed by atoms with van der Waals surface area (Å²) < 4.78 is 4.65. The lowest BCUT2D eigenvalue weighted by Gasteiger charge is -2.15. The summed E-state index contributed by atoms with van der Waals surface area (Å²) in [5, 5.41) is 1.24. The van der Waals surface area contributed by atoms with E-state index in [0.717, 1.165) is 11.1 Å². The van der Waals surface area contributed by atoms with Gasteiger partial charge in [0.05, 0.1) is 18.4 Å². The molecule has 1 heterocycles. The lowest BCUT2D eigenvalue weighted by atomic mass is 10.1. The number of carbonyl (C=O) groups is 3. The predicted octanol–water partition coefficient (Wildman–Crippen LogP) is 2.55. The Morgan fingerprint density at radius 1 is 1.04 bits per heavy atom. The summed E-state index contributed by atoms with van der Waals surface area (Å²) in [6.07, 6.45) is 1.50. The van der Waals surface area contributed by atoms with Gasteiger partial charge in [-0.25, -0.2) is 9.80 Å². The number of rotatable bonds is 3. The molecule has 132 valence electrons. The molecule has 0 atom stereocenters. The fourth-order valence-corrected chi connectivity index (χ4v) is 2.60. The van der Waals surface area contributed by atoms with Crippen molar-refractivity contribution in [1.29, 1.82) is 0 Å². The second-order valence-corrected chi connectivity index (χ2v) is 6.02. The van der Waals surface area contributed by atoms with Crippen LogP contribution in [0.5, 0.6) is 0 Å². The van der Waals surface area contributed by atoms with E-state index in [-0.39, 0.29) is 5.57 Å². The summed E-state index contributed by atoms with van der Waals surface area (Å²) in [4.78, 5) is 36.3. The fourth-order valence-electron chi connectivity index (χ4n) is 2.60. The molecule has 2 aromatic carbocycles. The van der Waals surface area contributed by atoms with E-state index in [4.69, 9.17) is 0 Å². The Hall–Kier alpha value is -3.41. The van der Waals surface area contributed by atoms with Crippen LogP contribution >= 0.6 is 0 Å². The van der Waals surface area contributed by atoms with Crippen molar-refractivity contribution in [3.8, 4) is 0 Å². The van der Waals surface area contributed by atoms with Crippen molar-refractivity contribution in [3.05, 3.63) is 70.3 Å². The van der Waals surface area contributed by atoms with Crippen molar-refractivity contribution in [2.75, 3.05) is 12.1 Å². The molecule has 1 aliphatic heterocycles. The molecular weight excluding hydrogens is 332 g/mol. The quantitative estimate of drug-likeness (QED) is 0.524. The number of ether oxygens (including phenoxy) is 1. The van der Waals surface area contributed by atoms with Gasteiger partial charge in [0, 0.05) is 0 Å². The van der Waals surface area contributed by atoms with Crippen LogP contribution in [0.15, 0.2) is 48.0 Å². The molecule has 0 spiro atoms. The molecule has 0 bridgehead atoms. The van der Waals surface area contributed by atoms with Crippen molar-refractivity contribution < 1.29 is 19.1 Å². The highest BCUT2D eigenvalue weighted by Gasteiger charge is 2.34. The molecule has 2 amide bonds. The van der Waals surface area contributed by atoms with Gasteiger partial charge in [0.2, 0.25) is 0 Å². The smallest absolute Gasteiger partial charge is 0.337 e. The highest BCUT2D eigenvalue weighted by Crippen LogP contribution is 2.23. The zero-order chi connectivity index (χ0) is 18.8. The molecule has 0 radical (unpaired) electrons. The van der Waals surface area contributed by atoms with Gasteiger partial charge in [0.25, 0.3) is 11.8 Å². The zero-order valence-electron chi connectivity index (χ0n) is 14.7. The number of nitrogens with one attached hydrogen (secondary N) is 1. The van der Waals surface area contributed by atoms with Gasteiger partial charge in [-0.15, -0.1) is 0 Å². The van der Waals surface area contributed by atoms with Crippen molar-refractivity contribution >= 4 is 29.5 Å². The van der Waals surface area contributed by atoms with Crippen LogP contribution < -0.4 is 10.4 Å². The van der Waals surface area contributed by atoms with E-state index in [1.54, 1.807) is 30.3 Å². The standard InChI is InChI=1S/C20H18N2O4/c1-12-4-9-16(10-13(12)2)22-19(24)17(18(23)21-22)11-14-5-7-15(8-6-14)20(25)26-3/h4-11H,1-3H3,(H,21,23). The number of nitrogens with zero attached hydrogens (tertiary/aromatic N) is 1. The average molecular weight is 350 g/mol. The van der Waals surface area contributed by atoms with Gasteiger partial charge < -0.3 is 4.74 Å². The molecule has 0 aromatic heterocycles. The molecule has 1 N–H and O–H groups in total. The summed E-state index contributed by atoms with van der Waals surface area (Å²) >= 11 is 0. The highest BCUT2D eigenvalue weighted by atomic mass is 16.5. The van der Waals surface area contributed by atoms with E-state index < -0.39 is 17.8 Å². The molecule has 0 unspecified atom stereocenters. The lowest BCUT2D eigenvalue weighted by molar-refractivity contribution is -0.117. The van der Waals surface area contributed by atoms with Crippen molar-refractivity contribution in [2.24, 2.45) is 0 Å². The number of aryl methyl sites for hydroxylation is 2. The maximum Gasteiger partial charge on any atom is 0.337 e. The minimum Gasteiger partial charge on any atom is -0.465 e. The Balaban J connectivity index is 1.87. The Morgan fingerprint density at radius 2 is 1.73 bits per heavy atom. The van der Waals surface area contributed by atoms with E-state index in [0.29, 0.717) is 16.8 Å². The number of hydrogen-bond acceptors (Lipinski definition) is 4. The Morgan fingerprint density at radius 3 is 2.35 bits per heavy atom. The molecule has 0 saturated carbocycles. The Bertz CT molecular complexity index is 929. The molecule has 1 saturated heterocycles. The molecule has 26 heavy (non-hydrogen) atoms. The number of methoxy groups -OCH3 is 1. The van der Waals surface area contributed by atoms with E-state index in [1.807, 2.05) is 26.0 Å². The molecule has 2 aromatic rings. The molecule has 6 nitrogen and oxygen atoms in total. The van der Waals surface area contributed by atoms with E-state index in [9.17, 15) is 14.4 Å². The van der Waals surface area contributed by atoms with Crippen LogP contribution in [0.4, 0.5) is 5.69 Å². The third-order valence-corrected chi connectivity index (χ3v) is 4.28. The van der Waals surface area contributed by atoms with Gasteiger partial charge in [0.1, 0.15) is 5.57 Å². The van der Waals surface area contributed by atoms with Crippen LogP contribution in [0.25, 0.3) is 6.08 Å². The number of hydrogen-bond donors (Lipinski definition) is 1. The summed E-state index contributed by atoms with van der Waals surface area (Å²) in [7, 11) is 1.31. The average Bonchev–Trinajstić information content (AvgIpc) is 2.92. The second kappa shape index (κ2) is 6.84. The number of esters is 1. The minimum absolute atomic E-state index is 0.0362. The third kappa shape index (κ3) is 3.21. The van der Waals surface area contributed by atoms with Crippen LogP contribution in [0.1, 0.15) is 27.0 Å². The molecule has 3 rings (SSSR count). The second-order valence-electron chi connectivity index (χ2n) is 6.02. The number of benzene rings is 2. The first-order valence-electron chi connectivity index (χ1n) is 8.03. The monoisotopic (exact) mass is 350 g/mol. The van der Waals surface area contributed by atoms with E-state index in [2.05, 4.69) is 10.2 Å².